The first-order chi connectivity index (χ1) is 5.18. The van der Waals surface area contributed by atoms with Crippen molar-refractivity contribution < 1.29 is 4.79 Å². The van der Waals surface area contributed by atoms with Crippen LogP contribution in [0, 0.1) is 10.8 Å². The third kappa shape index (κ3) is 0.943. The molecule has 3 aliphatic rings. The van der Waals surface area contributed by atoms with Gasteiger partial charge in [0.05, 0.1) is 5.41 Å². The van der Waals surface area contributed by atoms with E-state index in [9.17, 15) is 4.79 Å². The number of rotatable bonds is 1. The minimum absolute atomic E-state index is 0.183. The molecule has 3 rings (SSSR count). The van der Waals surface area contributed by atoms with Crippen molar-refractivity contribution in [2.45, 2.75) is 32.6 Å². The molecule has 1 radical (unpaired) electrons. The molecule has 0 N–H and O–H groups in total. The lowest BCUT2D eigenvalue weighted by Gasteiger charge is -2.43. The van der Waals surface area contributed by atoms with Crippen molar-refractivity contribution in [1.29, 1.82) is 0 Å². The zero-order valence-corrected chi connectivity index (χ0v) is 6.89. The molecule has 0 saturated heterocycles. The molecule has 59 valence electrons. The Labute approximate surface area is 67.5 Å². The molecular weight excluding hydrogens is 136 g/mol. The van der Waals surface area contributed by atoms with E-state index < -0.39 is 0 Å². The predicted molar refractivity (Wildman–Crippen MR) is 43.8 cm³/mol. The third-order valence-corrected chi connectivity index (χ3v) is 3.29. The van der Waals surface area contributed by atoms with E-state index in [-0.39, 0.29) is 5.41 Å². The van der Waals surface area contributed by atoms with Gasteiger partial charge < -0.3 is 0 Å². The molecule has 0 aliphatic heterocycles. The van der Waals surface area contributed by atoms with E-state index in [1.54, 1.807) is 0 Å². The maximum atomic E-state index is 10.7. The summed E-state index contributed by atoms with van der Waals surface area (Å²) < 4.78 is 0. The van der Waals surface area contributed by atoms with Crippen LogP contribution in [0.3, 0.4) is 0 Å². The molecule has 1 saturated carbocycles. The summed E-state index contributed by atoms with van der Waals surface area (Å²) in [5.41, 5.74) is 0.219. The smallest absolute Gasteiger partial charge is 0.209 e. The fourth-order valence-electron chi connectivity index (χ4n) is 2.10. The molecular formula is C10H13O. The van der Waals surface area contributed by atoms with Gasteiger partial charge in [0.2, 0.25) is 6.29 Å². The third-order valence-electron chi connectivity index (χ3n) is 3.29. The average Bonchev–Trinajstić information content (AvgIpc) is 2.07. The molecule has 0 spiro atoms. The number of allylic oxidation sites excluding steroid dienone is 2. The molecule has 0 aromatic carbocycles. The summed E-state index contributed by atoms with van der Waals surface area (Å²) in [4.78, 5) is 10.7. The molecule has 1 nitrogen and oxygen atoms in total. The highest BCUT2D eigenvalue weighted by molar-refractivity contribution is 5.64. The molecule has 1 fully saturated rings. The second-order valence-electron chi connectivity index (χ2n) is 4.25. The average molecular weight is 149 g/mol. The monoisotopic (exact) mass is 149 g/mol. The van der Waals surface area contributed by atoms with Gasteiger partial charge in [0.1, 0.15) is 0 Å². The summed E-state index contributed by atoms with van der Waals surface area (Å²) in [5.74, 6) is 0. The van der Waals surface area contributed by atoms with Crippen LogP contribution in [0.15, 0.2) is 12.2 Å². The summed E-state index contributed by atoms with van der Waals surface area (Å²) in [7, 11) is 0. The lowest BCUT2D eigenvalue weighted by molar-refractivity contribution is 0.185. The van der Waals surface area contributed by atoms with Crippen molar-refractivity contribution in [3.8, 4) is 0 Å². The van der Waals surface area contributed by atoms with E-state index in [1.165, 1.54) is 12.8 Å². The van der Waals surface area contributed by atoms with Crippen molar-refractivity contribution in [2.24, 2.45) is 10.8 Å². The van der Waals surface area contributed by atoms with Crippen LogP contribution in [0.4, 0.5) is 0 Å². The van der Waals surface area contributed by atoms with E-state index >= 15 is 0 Å². The number of carbonyl (C=O) groups excluding carboxylic acids is 1. The van der Waals surface area contributed by atoms with Gasteiger partial charge in [0.25, 0.3) is 0 Å². The maximum Gasteiger partial charge on any atom is 0.209 e. The molecule has 2 bridgehead atoms. The zero-order valence-electron chi connectivity index (χ0n) is 6.89. The number of hydrogen-bond acceptors (Lipinski definition) is 1. The van der Waals surface area contributed by atoms with Crippen molar-refractivity contribution >= 4 is 6.29 Å². The summed E-state index contributed by atoms with van der Waals surface area (Å²) in [6.07, 6.45) is 10.8. The first-order valence-electron chi connectivity index (χ1n) is 4.28. The Morgan fingerprint density at radius 3 is 2.18 bits per heavy atom. The van der Waals surface area contributed by atoms with Crippen molar-refractivity contribution in [1.82, 2.24) is 0 Å². The first-order valence-corrected chi connectivity index (χ1v) is 4.28. The normalized spacial score (nSPS) is 47.7. The zero-order chi connectivity index (χ0) is 7.95. The summed E-state index contributed by atoms with van der Waals surface area (Å²) in [6.45, 7) is 2.28. The maximum absolute atomic E-state index is 10.7. The van der Waals surface area contributed by atoms with Gasteiger partial charge in [-0.1, -0.05) is 19.1 Å². The van der Waals surface area contributed by atoms with Crippen LogP contribution in [0.2, 0.25) is 0 Å². The van der Waals surface area contributed by atoms with Crippen LogP contribution in [0.1, 0.15) is 32.6 Å². The second-order valence-corrected chi connectivity index (χ2v) is 4.25. The van der Waals surface area contributed by atoms with Gasteiger partial charge in [-0.15, -0.1) is 0 Å². The first kappa shape index (κ1) is 7.08. The minimum atomic E-state index is -0.183. The Kier molecular flexibility index (Phi) is 1.26. The lowest BCUT2D eigenvalue weighted by Crippen LogP contribution is -2.36. The molecule has 0 atom stereocenters. The van der Waals surface area contributed by atoms with Gasteiger partial charge in [0, 0.05) is 0 Å². The fraction of sp³-hybridized carbons (Fsp3) is 0.700. The van der Waals surface area contributed by atoms with Gasteiger partial charge >= 0.3 is 0 Å². The number of hydrogen-bond donors (Lipinski definition) is 0. The van der Waals surface area contributed by atoms with Crippen molar-refractivity contribution in [3.05, 3.63) is 12.2 Å². The standard InChI is InChI=1S/C10H13O/c1-9-2-5-10(8-11,6-3-9)7-4-9/h2,5H,3-4,6-7H2,1H3. The Morgan fingerprint density at radius 1 is 1.18 bits per heavy atom. The van der Waals surface area contributed by atoms with Crippen LogP contribution >= 0.6 is 0 Å². The van der Waals surface area contributed by atoms with E-state index in [4.69, 9.17) is 0 Å². The molecule has 0 aromatic heterocycles. The van der Waals surface area contributed by atoms with Crippen molar-refractivity contribution in [2.75, 3.05) is 0 Å². The SMILES string of the molecule is CC12C=CC([C]=O)(CC1)CC2. The molecule has 0 heterocycles. The molecule has 0 unspecified atom stereocenters. The Balaban J connectivity index is 2.34. The largest absolute Gasteiger partial charge is 0.290 e. The summed E-state index contributed by atoms with van der Waals surface area (Å²) >= 11 is 0. The van der Waals surface area contributed by atoms with E-state index in [0.717, 1.165) is 12.8 Å². The van der Waals surface area contributed by atoms with Crippen molar-refractivity contribution in [3.63, 3.8) is 0 Å². The fourth-order valence-corrected chi connectivity index (χ4v) is 2.10. The lowest BCUT2D eigenvalue weighted by atomic mass is 9.60. The quantitative estimate of drug-likeness (QED) is 0.522. The van der Waals surface area contributed by atoms with Gasteiger partial charge in [0.15, 0.2) is 0 Å². The number of fused-ring (bicyclic) bond motifs is 2. The second kappa shape index (κ2) is 1.96. The predicted octanol–water partition coefficient (Wildman–Crippen LogP) is 2.23. The van der Waals surface area contributed by atoms with Crippen LogP contribution < -0.4 is 0 Å². The van der Waals surface area contributed by atoms with Gasteiger partial charge in [-0.25, -0.2) is 0 Å². The van der Waals surface area contributed by atoms with Crippen LogP contribution in [-0.2, 0) is 4.79 Å². The Morgan fingerprint density at radius 2 is 1.82 bits per heavy atom. The highest BCUT2D eigenvalue weighted by Crippen LogP contribution is 2.50. The molecule has 3 aliphatic carbocycles. The molecule has 0 aromatic rings. The van der Waals surface area contributed by atoms with Crippen LogP contribution in [0.5, 0.6) is 0 Å². The van der Waals surface area contributed by atoms with Crippen LogP contribution in [0.25, 0.3) is 0 Å². The topological polar surface area (TPSA) is 17.1 Å². The van der Waals surface area contributed by atoms with Gasteiger partial charge in [-0.05, 0) is 31.1 Å². The minimum Gasteiger partial charge on any atom is -0.290 e. The van der Waals surface area contributed by atoms with Gasteiger partial charge in [-0.3, -0.25) is 4.79 Å². The highest BCUT2D eigenvalue weighted by Gasteiger charge is 2.42. The Hall–Kier alpha value is -0.590. The van der Waals surface area contributed by atoms with Crippen LogP contribution in [-0.4, -0.2) is 6.29 Å². The van der Waals surface area contributed by atoms with Gasteiger partial charge in [-0.2, -0.15) is 0 Å². The van der Waals surface area contributed by atoms with E-state index in [1.807, 2.05) is 0 Å². The Bertz CT molecular complexity index is 207. The molecule has 0 amide bonds. The molecule has 1 heteroatoms. The summed E-state index contributed by atoms with van der Waals surface area (Å²) in [5, 5.41) is 0. The highest BCUT2D eigenvalue weighted by atomic mass is 16.1. The van der Waals surface area contributed by atoms with E-state index in [0.29, 0.717) is 5.41 Å². The molecule has 11 heavy (non-hydrogen) atoms. The van der Waals surface area contributed by atoms with E-state index in [2.05, 4.69) is 25.4 Å². The summed E-state index contributed by atoms with van der Waals surface area (Å²) in [6, 6.07) is 0.